The summed E-state index contributed by atoms with van der Waals surface area (Å²) < 4.78 is 4.53. The summed E-state index contributed by atoms with van der Waals surface area (Å²) in [5.74, 6) is 0. The Labute approximate surface area is 67.0 Å². The molecule has 1 aromatic heterocycles. The van der Waals surface area contributed by atoms with Gasteiger partial charge < -0.3 is 4.52 Å². The average Bonchev–Trinajstić information content (AvgIpc) is 2.48. The second-order valence-electron chi connectivity index (χ2n) is 2.33. The van der Waals surface area contributed by atoms with E-state index in [0.717, 1.165) is 0 Å². The van der Waals surface area contributed by atoms with Crippen LogP contribution in [0.4, 0.5) is 0 Å². The van der Waals surface area contributed by atoms with E-state index in [4.69, 9.17) is 5.26 Å². The molecule has 0 radical (unpaired) electrons. The van der Waals surface area contributed by atoms with Crippen molar-refractivity contribution in [1.29, 1.82) is 5.26 Å². The highest BCUT2D eigenvalue weighted by Gasteiger charge is 2.06. The van der Waals surface area contributed by atoms with Gasteiger partial charge in [0.15, 0.2) is 0 Å². The maximum Gasteiger partial charge on any atom is 0.366 e. The molecule has 0 aliphatic rings. The van der Waals surface area contributed by atoms with Crippen LogP contribution in [0.25, 0.3) is 10.9 Å². The Kier molecular flexibility index (Phi) is 1.25. The number of H-pyrrole nitrogens is 1. The highest BCUT2D eigenvalue weighted by Crippen LogP contribution is 2.11. The molecule has 0 amide bonds. The zero-order chi connectivity index (χ0) is 8.55. The number of nitrogens with zero attached hydrogens (tertiary/aromatic N) is 1. The zero-order valence-corrected chi connectivity index (χ0v) is 6.00. The third kappa shape index (κ3) is 0.736. The molecule has 1 heterocycles. The standard InChI is InChI=1S/C8H4N2O2/c9-4-5-2-1-3-6-7(5)8(11)12-10-6/h1-3,10H. The van der Waals surface area contributed by atoms with Crippen molar-refractivity contribution >= 4 is 10.9 Å². The van der Waals surface area contributed by atoms with Crippen molar-refractivity contribution in [1.82, 2.24) is 5.16 Å². The molecule has 4 heteroatoms. The average molecular weight is 160 g/mol. The minimum absolute atomic E-state index is 0.319. The van der Waals surface area contributed by atoms with E-state index in [9.17, 15) is 4.79 Å². The van der Waals surface area contributed by atoms with Gasteiger partial charge in [-0.1, -0.05) is 6.07 Å². The first-order valence-corrected chi connectivity index (χ1v) is 3.33. The molecule has 0 saturated carbocycles. The Morgan fingerprint density at radius 1 is 1.50 bits per heavy atom. The molecule has 0 spiro atoms. The topological polar surface area (TPSA) is 69.8 Å². The van der Waals surface area contributed by atoms with Crippen LogP contribution in [0.2, 0.25) is 0 Å². The number of aromatic amines is 1. The molecule has 0 fully saturated rings. The van der Waals surface area contributed by atoms with Gasteiger partial charge in [-0.15, -0.1) is 0 Å². The molecule has 58 valence electrons. The van der Waals surface area contributed by atoms with Gasteiger partial charge in [-0.25, -0.2) is 9.95 Å². The summed E-state index contributed by atoms with van der Waals surface area (Å²) in [6.07, 6.45) is 0. The van der Waals surface area contributed by atoms with Gasteiger partial charge in [0.2, 0.25) is 0 Å². The van der Waals surface area contributed by atoms with E-state index in [1.807, 2.05) is 6.07 Å². The van der Waals surface area contributed by atoms with E-state index in [1.165, 1.54) is 0 Å². The number of nitrogens with one attached hydrogen (secondary N) is 1. The van der Waals surface area contributed by atoms with Gasteiger partial charge in [0.25, 0.3) is 0 Å². The van der Waals surface area contributed by atoms with Crippen molar-refractivity contribution in [2.45, 2.75) is 0 Å². The Balaban J connectivity index is 3.06. The summed E-state index contributed by atoms with van der Waals surface area (Å²) in [6.45, 7) is 0. The predicted molar refractivity (Wildman–Crippen MR) is 41.5 cm³/mol. The minimum Gasteiger partial charge on any atom is -0.338 e. The van der Waals surface area contributed by atoms with Crippen LogP contribution in [0, 0.1) is 11.3 Å². The molecule has 0 saturated heterocycles. The van der Waals surface area contributed by atoms with E-state index in [2.05, 4.69) is 9.68 Å². The number of aromatic nitrogens is 1. The SMILES string of the molecule is N#Cc1cccc2[nH]oc(=O)c12. The van der Waals surface area contributed by atoms with Crippen molar-refractivity contribution < 1.29 is 4.52 Å². The molecule has 0 atom stereocenters. The fraction of sp³-hybridized carbons (Fsp3) is 0. The first-order chi connectivity index (χ1) is 5.83. The molecular formula is C8H4N2O2. The number of hydrogen-bond acceptors (Lipinski definition) is 3. The summed E-state index contributed by atoms with van der Waals surface area (Å²) in [5.41, 5.74) is 0.392. The predicted octanol–water partition coefficient (Wildman–Crippen LogP) is 0.993. The number of hydrogen-bond donors (Lipinski definition) is 1. The van der Waals surface area contributed by atoms with Crippen molar-refractivity contribution in [3.8, 4) is 6.07 Å². The second kappa shape index (κ2) is 2.24. The molecule has 2 aromatic rings. The molecule has 0 bridgehead atoms. The van der Waals surface area contributed by atoms with Crippen LogP contribution < -0.4 is 5.63 Å². The van der Waals surface area contributed by atoms with Gasteiger partial charge in [0, 0.05) is 0 Å². The summed E-state index contributed by atoms with van der Waals surface area (Å²) in [4.78, 5) is 11.0. The molecule has 0 aliphatic carbocycles. The lowest BCUT2D eigenvalue weighted by Gasteiger charge is -1.86. The number of nitriles is 1. The van der Waals surface area contributed by atoms with Gasteiger partial charge in [-0.2, -0.15) is 5.26 Å². The highest BCUT2D eigenvalue weighted by molar-refractivity contribution is 5.83. The van der Waals surface area contributed by atoms with E-state index in [0.29, 0.717) is 16.5 Å². The summed E-state index contributed by atoms with van der Waals surface area (Å²) in [5, 5.41) is 11.4. The lowest BCUT2D eigenvalue weighted by molar-refractivity contribution is 0.400. The Morgan fingerprint density at radius 2 is 2.33 bits per heavy atom. The molecule has 1 aromatic carbocycles. The summed E-state index contributed by atoms with van der Waals surface area (Å²) >= 11 is 0. The van der Waals surface area contributed by atoms with Gasteiger partial charge in [-0.3, -0.25) is 0 Å². The molecule has 0 aliphatic heterocycles. The van der Waals surface area contributed by atoms with E-state index >= 15 is 0 Å². The number of rotatable bonds is 0. The number of fused-ring (bicyclic) bond motifs is 1. The monoisotopic (exact) mass is 160 g/mol. The van der Waals surface area contributed by atoms with Crippen LogP contribution in [0.15, 0.2) is 27.5 Å². The van der Waals surface area contributed by atoms with Crippen LogP contribution >= 0.6 is 0 Å². The quantitative estimate of drug-likeness (QED) is 0.624. The lowest BCUT2D eigenvalue weighted by Crippen LogP contribution is -1.93. The fourth-order valence-corrected chi connectivity index (χ4v) is 1.10. The molecule has 1 N–H and O–H groups in total. The Bertz CT molecular complexity index is 516. The molecular weight excluding hydrogens is 156 g/mol. The van der Waals surface area contributed by atoms with Crippen LogP contribution in [0.5, 0.6) is 0 Å². The van der Waals surface area contributed by atoms with Crippen LogP contribution in [-0.4, -0.2) is 5.16 Å². The van der Waals surface area contributed by atoms with Crippen LogP contribution in [0.3, 0.4) is 0 Å². The van der Waals surface area contributed by atoms with Gasteiger partial charge >= 0.3 is 5.63 Å². The molecule has 0 unspecified atom stereocenters. The zero-order valence-electron chi connectivity index (χ0n) is 6.00. The third-order valence-electron chi connectivity index (χ3n) is 1.64. The first-order valence-electron chi connectivity index (χ1n) is 3.33. The van der Waals surface area contributed by atoms with E-state index in [1.54, 1.807) is 18.2 Å². The second-order valence-corrected chi connectivity index (χ2v) is 2.33. The van der Waals surface area contributed by atoms with Crippen molar-refractivity contribution in [3.05, 3.63) is 34.2 Å². The Morgan fingerprint density at radius 3 is 3.08 bits per heavy atom. The van der Waals surface area contributed by atoms with Gasteiger partial charge in [0.05, 0.1) is 11.1 Å². The van der Waals surface area contributed by atoms with Gasteiger partial charge in [-0.05, 0) is 12.1 Å². The van der Waals surface area contributed by atoms with E-state index < -0.39 is 5.63 Å². The van der Waals surface area contributed by atoms with E-state index in [-0.39, 0.29) is 0 Å². The smallest absolute Gasteiger partial charge is 0.338 e. The third-order valence-corrected chi connectivity index (χ3v) is 1.64. The fourth-order valence-electron chi connectivity index (χ4n) is 1.10. The van der Waals surface area contributed by atoms with Gasteiger partial charge in [0.1, 0.15) is 11.5 Å². The van der Waals surface area contributed by atoms with Crippen LogP contribution in [0.1, 0.15) is 5.56 Å². The minimum atomic E-state index is -0.498. The number of benzene rings is 1. The van der Waals surface area contributed by atoms with Crippen molar-refractivity contribution in [2.75, 3.05) is 0 Å². The molecule has 12 heavy (non-hydrogen) atoms. The maximum absolute atomic E-state index is 11.0. The Hall–Kier alpha value is -2.02. The maximum atomic E-state index is 11.0. The van der Waals surface area contributed by atoms with Crippen molar-refractivity contribution in [2.24, 2.45) is 0 Å². The highest BCUT2D eigenvalue weighted by atomic mass is 16.5. The van der Waals surface area contributed by atoms with Crippen LogP contribution in [-0.2, 0) is 0 Å². The first kappa shape index (κ1) is 6.68. The summed E-state index contributed by atoms with van der Waals surface area (Å²) in [7, 11) is 0. The normalized spacial score (nSPS) is 9.92. The lowest BCUT2D eigenvalue weighted by atomic mass is 10.1. The molecule has 2 rings (SSSR count). The summed E-state index contributed by atoms with van der Waals surface area (Å²) in [6, 6.07) is 6.86. The van der Waals surface area contributed by atoms with Crippen molar-refractivity contribution in [3.63, 3.8) is 0 Å². The molecule has 4 nitrogen and oxygen atoms in total. The largest absolute Gasteiger partial charge is 0.366 e.